The Morgan fingerprint density at radius 2 is 2.00 bits per heavy atom. The summed E-state index contributed by atoms with van der Waals surface area (Å²) in [4.78, 5) is 20.8. The quantitative estimate of drug-likeness (QED) is 0.594. The lowest BCUT2D eigenvalue weighted by Gasteiger charge is -2.03. The molecule has 14 heavy (non-hydrogen) atoms. The van der Waals surface area contributed by atoms with Crippen molar-refractivity contribution in [2.75, 3.05) is 0 Å². The van der Waals surface area contributed by atoms with Crippen LogP contribution in [0.2, 0.25) is 0 Å². The average Bonchev–Trinajstić information content (AvgIpc) is 2.01. The largest absolute Gasteiger partial charge is 0.868 e. The zero-order valence-electron chi connectivity index (χ0n) is 7.01. The van der Waals surface area contributed by atoms with Crippen LogP contribution in [0, 0.1) is 0 Å². The first-order chi connectivity index (χ1) is 6.49. The van der Waals surface area contributed by atoms with E-state index in [1.807, 2.05) is 0 Å². The highest BCUT2D eigenvalue weighted by Crippen LogP contribution is 2.03. The topological polar surface area (TPSA) is 102 Å². The van der Waals surface area contributed by atoms with Crippen LogP contribution in [0.3, 0.4) is 0 Å². The van der Waals surface area contributed by atoms with Crippen molar-refractivity contribution in [2.24, 2.45) is 0 Å². The Balaban J connectivity index is 3.07. The number of hydrogen-bond acceptors (Lipinski definition) is 3. The van der Waals surface area contributed by atoms with Gasteiger partial charge in [0.1, 0.15) is 5.56 Å². The van der Waals surface area contributed by atoms with Gasteiger partial charge in [-0.2, -0.15) is 4.57 Å². The van der Waals surface area contributed by atoms with Gasteiger partial charge in [-0.15, -0.1) is 0 Å². The molecule has 0 atom stereocenters. The normalized spacial score (nSPS) is 9.71. The van der Waals surface area contributed by atoms with Gasteiger partial charge in [0.25, 0.3) is 0 Å². The maximum atomic E-state index is 10.9. The standard InChI is InChI=1S/C8H7NO5/c10-6-1-5(8(13)14)2-9(3-6)4-7(11)12/h1-3H,4H2,(H2-,10,11,12,13,14). The molecular formula is C8H7NO5. The van der Waals surface area contributed by atoms with Crippen molar-refractivity contribution in [1.29, 1.82) is 0 Å². The SMILES string of the molecule is O=C(O)C[n+]1cc([O-])cc(C(=O)O)c1. The summed E-state index contributed by atoms with van der Waals surface area (Å²) in [6.07, 6.45) is 2.12. The van der Waals surface area contributed by atoms with Gasteiger partial charge in [-0.25, -0.2) is 9.59 Å². The van der Waals surface area contributed by atoms with E-state index in [9.17, 15) is 14.7 Å². The Bertz CT molecular complexity index is 387. The number of aliphatic carboxylic acids is 1. The molecule has 0 spiro atoms. The minimum atomic E-state index is -1.26. The Kier molecular flexibility index (Phi) is 2.66. The lowest BCUT2D eigenvalue weighted by Crippen LogP contribution is -2.38. The summed E-state index contributed by atoms with van der Waals surface area (Å²) in [5, 5.41) is 27.9. The molecular weight excluding hydrogens is 190 g/mol. The molecule has 2 N–H and O–H groups in total. The molecule has 0 saturated heterocycles. The molecule has 0 radical (unpaired) electrons. The van der Waals surface area contributed by atoms with Gasteiger partial charge in [0.15, 0.2) is 12.4 Å². The summed E-state index contributed by atoms with van der Waals surface area (Å²) in [6, 6.07) is 0.931. The first-order valence-electron chi connectivity index (χ1n) is 3.65. The second-order valence-electron chi connectivity index (χ2n) is 2.63. The van der Waals surface area contributed by atoms with Gasteiger partial charge in [0.2, 0.25) is 6.54 Å². The molecule has 0 amide bonds. The summed E-state index contributed by atoms with van der Waals surface area (Å²) in [6.45, 7) is -0.434. The fraction of sp³-hybridized carbons (Fsp3) is 0.125. The zero-order chi connectivity index (χ0) is 10.7. The second kappa shape index (κ2) is 3.73. The minimum Gasteiger partial charge on any atom is -0.868 e. The number of carbonyl (C=O) groups is 2. The van der Waals surface area contributed by atoms with Crippen molar-refractivity contribution in [3.05, 3.63) is 24.0 Å². The number of aromatic carboxylic acids is 1. The minimum absolute atomic E-state index is 0.223. The molecule has 0 aromatic carbocycles. The van der Waals surface area contributed by atoms with Crippen molar-refractivity contribution in [1.82, 2.24) is 0 Å². The van der Waals surface area contributed by atoms with E-state index >= 15 is 0 Å². The van der Waals surface area contributed by atoms with Crippen molar-refractivity contribution >= 4 is 11.9 Å². The van der Waals surface area contributed by atoms with Crippen LogP contribution in [0.25, 0.3) is 0 Å². The molecule has 1 heterocycles. The second-order valence-corrected chi connectivity index (χ2v) is 2.63. The third kappa shape index (κ3) is 2.44. The van der Waals surface area contributed by atoms with Gasteiger partial charge >= 0.3 is 11.9 Å². The maximum Gasteiger partial charge on any atom is 0.370 e. The lowest BCUT2D eigenvalue weighted by atomic mass is 10.3. The Labute approximate surface area is 78.7 Å². The summed E-state index contributed by atoms with van der Waals surface area (Å²) in [5.74, 6) is -2.94. The predicted molar refractivity (Wildman–Crippen MR) is 40.7 cm³/mol. The third-order valence-corrected chi connectivity index (χ3v) is 1.46. The monoisotopic (exact) mass is 197 g/mol. The van der Waals surface area contributed by atoms with Crippen molar-refractivity contribution in [3.8, 4) is 5.75 Å². The van der Waals surface area contributed by atoms with Crippen LogP contribution in [0.15, 0.2) is 18.5 Å². The van der Waals surface area contributed by atoms with Gasteiger partial charge in [-0.1, -0.05) is 0 Å². The van der Waals surface area contributed by atoms with Gasteiger partial charge in [-0.3, -0.25) is 0 Å². The molecule has 0 aliphatic heterocycles. The number of pyridine rings is 1. The van der Waals surface area contributed by atoms with Gasteiger partial charge in [-0.05, 0) is 11.8 Å². The molecule has 0 bridgehead atoms. The van der Waals surface area contributed by atoms with Crippen molar-refractivity contribution < 1.29 is 29.5 Å². The highest BCUT2D eigenvalue weighted by Gasteiger charge is 2.12. The summed E-state index contributed by atoms with van der Waals surface area (Å²) in [7, 11) is 0. The predicted octanol–water partition coefficient (Wildman–Crippen LogP) is -1.17. The molecule has 74 valence electrons. The van der Waals surface area contributed by atoms with E-state index in [2.05, 4.69) is 0 Å². The van der Waals surface area contributed by atoms with Crippen molar-refractivity contribution in [2.45, 2.75) is 6.54 Å². The van der Waals surface area contributed by atoms with Crippen LogP contribution < -0.4 is 9.67 Å². The third-order valence-electron chi connectivity index (χ3n) is 1.46. The van der Waals surface area contributed by atoms with Gasteiger partial charge in [0.05, 0.1) is 0 Å². The van der Waals surface area contributed by atoms with Gasteiger partial charge in [0, 0.05) is 0 Å². The summed E-state index contributed by atoms with van der Waals surface area (Å²) >= 11 is 0. The fourth-order valence-corrected chi connectivity index (χ4v) is 0.972. The number of carboxylic acid groups (broad SMARTS) is 2. The number of carboxylic acids is 2. The van der Waals surface area contributed by atoms with E-state index in [1.165, 1.54) is 0 Å². The molecule has 1 aromatic rings. The van der Waals surface area contributed by atoms with Crippen molar-refractivity contribution in [3.63, 3.8) is 0 Å². The van der Waals surface area contributed by atoms with E-state index in [-0.39, 0.29) is 5.56 Å². The molecule has 0 saturated carbocycles. The number of hydrogen-bond donors (Lipinski definition) is 2. The van der Waals surface area contributed by atoms with E-state index in [0.717, 1.165) is 23.0 Å². The highest BCUT2D eigenvalue weighted by atomic mass is 16.4. The Morgan fingerprint density at radius 1 is 1.36 bits per heavy atom. The molecule has 0 fully saturated rings. The average molecular weight is 197 g/mol. The molecule has 6 heteroatoms. The molecule has 0 aliphatic carbocycles. The molecule has 1 aromatic heterocycles. The first-order valence-corrected chi connectivity index (χ1v) is 3.65. The van der Waals surface area contributed by atoms with Crippen LogP contribution in [0.1, 0.15) is 10.4 Å². The molecule has 1 rings (SSSR count). The zero-order valence-corrected chi connectivity index (χ0v) is 7.01. The molecule has 0 aliphatic rings. The van der Waals surface area contributed by atoms with Crippen LogP contribution in [-0.2, 0) is 11.3 Å². The molecule has 0 unspecified atom stereocenters. The van der Waals surface area contributed by atoms with Crippen LogP contribution in [0.4, 0.5) is 0 Å². The lowest BCUT2D eigenvalue weighted by molar-refractivity contribution is -0.688. The van der Waals surface area contributed by atoms with Crippen LogP contribution >= 0.6 is 0 Å². The van der Waals surface area contributed by atoms with E-state index in [1.54, 1.807) is 0 Å². The number of rotatable bonds is 3. The highest BCUT2D eigenvalue weighted by molar-refractivity contribution is 5.87. The van der Waals surface area contributed by atoms with Crippen LogP contribution in [0.5, 0.6) is 5.75 Å². The molecule has 6 nitrogen and oxygen atoms in total. The fourth-order valence-electron chi connectivity index (χ4n) is 0.972. The first kappa shape index (κ1) is 9.97. The van der Waals surface area contributed by atoms with Gasteiger partial charge < -0.3 is 15.3 Å². The Morgan fingerprint density at radius 3 is 2.50 bits per heavy atom. The Hall–Kier alpha value is -2.11. The number of nitrogens with zero attached hydrogens (tertiary/aromatic N) is 1. The maximum absolute atomic E-state index is 10.9. The van der Waals surface area contributed by atoms with E-state index in [4.69, 9.17) is 10.2 Å². The summed E-state index contributed by atoms with van der Waals surface area (Å²) < 4.78 is 1.02. The van der Waals surface area contributed by atoms with Crippen LogP contribution in [-0.4, -0.2) is 22.2 Å². The van der Waals surface area contributed by atoms with E-state index < -0.39 is 24.2 Å². The summed E-state index contributed by atoms with van der Waals surface area (Å²) in [5.41, 5.74) is -0.223. The number of aromatic nitrogens is 1. The van der Waals surface area contributed by atoms with E-state index in [0.29, 0.717) is 0 Å². The smallest absolute Gasteiger partial charge is 0.370 e.